The third-order valence-electron chi connectivity index (χ3n) is 3.33. The molecule has 0 bridgehead atoms. The van der Waals surface area contributed by atoms with Crippen LogP contribution in [0.1, 0.15) is 32.6 Å². The lowest BCUT2D eigenvalue weighted by atomic mass is 10.2. The topological polar surface area (TPSA) is 18.5 Å². The summed E-state index contributed by atoms with van der Waals surface area (Å²) >= 11 is 0. The number of likely N-dealkylation sites (N-methyl/N-ethyl adjacent to an activating group) is 1. The zero-order valence-corrected chi connectivity index (χ0v) is 11.3. The van der Waals surface area contributed by atoms with E-state index in [4.69, 9.17) is 0 Å². The molecule has 0 aromatic carbocycles. The van der Waals surface area contributed by atoms with Gasteiger partial charge >= 0.3 is 0 Å². The van der Waals surface area contributed by atoms with Crippen molar-refractivity contribution in [1.82, 2.24) is 15.1 Å². The first-order chi connectivity index (χ1) is 7.72. The summed E-state index contributed by atoms with van der Waals surface area (Å²) in [7, 11) is 4.32. The second-order valence-electron chi connectivity index (χ2n) is 5.25. The molecule has 3 heteroatoms. The molecule has 96 valence electrons. The molecule has 1 N–H and O–H groups in total. The molecule has 0 aromatic heterocycles. The van der Waals surface area contributed by atoms with Crippen molar-refractivity contribution in [3.05, 3.63) is 0 Å². The van der Waals surface area contributed by atoms with E-state index in [-0.39, 0.29) is 0 Å². The quantitative estimate of drug-likeness (QED) is 0.676. The van der Waals surface area contributed by atoms with Crippen molar-refractivity contribution in [2.75, 3.05) is 46.8 Å². The van der Waals surface area contributed by atoms with Crippen LogP contribution < -0.4 is 5.32 Å². The van der Waals surface area contributed by atoms with Crippen LogP contribution in [0.5, 0.6) is 0 Å². The molecular weight excluding hydrogens is 198 g/mol. The summed E-state index contributed by atoms with van der Waals surface area (Å²) in [6.45, 7) is 8.40. The average molecular weight is 227 g/mol. The fraction of sp³-hybridized carbons (Fsp3) is 1.00. The van der Waals surface area contributed by atoms with Gasteiger partial charge < -0.3 is 15.1 Å². The zero-order valence-electron chi connectivity index (χ0n) is 11.3. The van der Waals surface area contributed by atoms with E-state index in [9.17, 15) is 0 Å². The molecule has 3 nitrogen and oxygen atoms in total. The molecule has 1 aliphatic rings. The van der Waals surface area contributed by atoms with Gasteiger partial charge in [0.25, 0.3) is 0 Å². The summed E-state index contributed by atoms with van der Waals surface area (Å²) in [4.78, 5) is 4.91. The lowest BCUT2D eigenvalue weighted by Gasteiger charge is -2.26. The standard InChI is InChI=1S/C13H29N3/c1-4-5-9-16(11-10-15(2)3)12-13-7-6-8-14-13/h13-14H,4-12H2,1-3H3. The molecule has 0 spiro atoms. The van der Waals surface area contributed by atoms with Crippen LogP contribution in [-0.4, -0.2) is 62.7 Å². The van der Waals surface area contributed by atoms with Crippen LogP contribution in [0.2, 0.25) is 0 Å². The van der Waals surface area contributed by atoms with Crippen molar-refractivity contribution in [2.24, 2.45) is 0 Å². The van der Waals surface area contributed by atoms with Gasteiger partial charge in [-0.3, -0.25) is 0 Å². The Balaban J connectivity index is 2.24. The van der Waals surface area contributed by atoms with E-state index in [0.29, 0.717) is 0 Å². The molecule has 0 aromatic rings. The zero-order chi connectivity index (χ0) is 11.8. The van der Waals surface area contributed by atoms with Gasteiger partial charge in [0, 0.05) is 25.7 Å². The molecule has 1 unspecified atom stereocenters. The molecule has 1 aliphatic heterocycles. The lowest BCUT2D eigenvalue weighted by molar-refractivity contribution is 0.220. The first kappa shape index (κ1) is 13.9. The van der Waals surface area contributed by atoms with Crippen LogP contribution in [0.3, 0.4) is 0 Å². The lowest BCUT2D eigenvalue weighted by Crippen LogP contribution is -2.41. The van der Waals surface area contributed by atoms with Gasteiger partial charge in [0.15, 0.2) is 0 Å². The average Bonchev–Trinajstić information content (AvgIpc) is 2.74. The molecule has 1 heterocycles. The number of nitrogens with zero attached hydrogens (tertiary/aromatic N) is 2. The summed E-state index contributed by atoms with van der Waals surface area (Å²) in [5.74, 6) is 0. The third kappa shape index (κ3) is 5.83. The van der Waals surface area contributed by atoms with Gasteiger partial charge in [0.05, 0.1) is 0 Å². The van der Waals surface area contributed by atoms with E-state index in [2.05, 4.69) is 36.1 Å². The fourth-order valence-corrected chi connectivity index (χ4v) is 2.24. The summed E-state index contributed by atoms with van der Waals surface area (Å²) in [6.07, 6.45) is 5.36. The van der Waals surface area contributed by atoms with E-state index in [1.54, 1.807) is 0 Å². The summed E-state index contributed by atoms with van der Waals surface area (Å²) in [5.41, 5.74) is 0. The SMILES string of the molecule is CCCCN(CCN(C)C)CC1CCCN1. The first-order valence-electron chi connectivity index (χ1n) is 6.83. The Morgan fingerprint density at radius 1 is 1.19 bits per heavy atom. The largest absolute Gasteiger partial charge is 0.313 e. The molecule has 1 fully saturated rings. The Morgan fingerprint density at radius 2 is 2.00 bits per heavy atom. The minimum atomic E-state index is 0.749. The van der Waals surface area contributed by atoms with Gasteiger partial charge in [0.1, 0.15) is 0 Å². The molecule has 0 radical (unpaired) electrons. The molecule has 1 rings (SSSR count). The molecule has 1 saturated heterocycles. The van der Waals surface area contributed by atoms with Crippen LogP contribution in [-0.2, 0) is 0 Å². The van der Waals surface area contributed by atoms with Crippen molar-refractivity contribution in [1.29, 1.82) is 0 Å². The number of nitrogens with one attached hydrogen (secondary N) is 1. The Labute approximate surface area is 101 Å². The maximum absolute atomic E-state index is 3.60. The van der Waals surface area contributed by atoms with E-state index in [0.717, 1.165) is 6.04 Å². The summed E-state index contributed by atoms with van der Waals surface area (Å²) in [5, 5.41) is 3.60. The second-order valence-corrected chi connectivity index (χ2v) is 5.25. The van der Waals surface area contributed by atoms with E-state index in [1.165, 1.54) is 58.4 Å². The number of rotatable bonds is 8. The van der Waals surface area contributed by atoms with Crippen molar-refractivity contribution in [3.63, 3.8) is 0 Å². The van der Waals surface area contributed by atoms with Gasteiger partial charge in [-0.2, -0.15) is 0 Å². The van der Waals surface area contributed by atoms with E-state index < -0.39 is 0 Å². The number of unbranched alkanes of at least 4 members (excludes halogenated alkanes) is 1. The predicted octanol–water partition coefficient (Wildman–Crippen LogP) is 1.40. The molecule has 16 heavy (non-hydrogen) atoms. The summed E-state index contributed by atoms with van der Waals surface area (Å²) in [6, 6.07) is 0.749. The molecular formula is C13H29N3. The highest BCUT2D eigenvalue weighted by atomic mass is 15.2. The van der Waals surface area contributed by atoms with E-state index >= 15 is 0 Å². The highest BCUT2D eigenvalue weighted by Crippen LogP contribution is 2.07. The molecule has 0 aliphatic carbocycles. The van der Waals surface area contributed by atoms with Crippen molar-refractivity contribution in [3.8, 4) is 0 Å². The monoisotopic (exact) mass is 227 g/mol. The molecule has 0 saturated carbocycles. The highest BCUT2D eigenvalue weighted by molar-refractivity contribution is 4.78. The van der Waals surface area contributed by atoms with Crippen molar-refractivity contribution >= 4 is 0 Å². The van der Waals surface area contributed by atoms with Crippen molar-refractivity contribution in [2.45, 2.75) is 38.6 Å². The van der Waals surface area contributed by atoms with Crippen LogP contribution in [0.4, 0.5) is 0 Å². The minimum absolute atomic E-state index is 0.749. The van der Waals surface area contributed by atoms with Gasteiger partial charge in [-0.15, -0.1) is 0 Å². The molecule has 0 amide bonds. The second kappa shape index (κ2) is 8.04. The summed E-state index contributed by atoms with van der Waals surface area (Å²) < 4.78 is 0. The number of hydrogen-bond donors (Lipinski definition) is 1. The Morgan fingerprint density at radius 3 is 2.56 bits per heavy atom. The minimum Gasteiger partial charge on any atom is -0.313 e. The van der Waals surface area contributed by atoms with Gasteiger partial charge in [-0.25, -0.2) is 0 Å². The normalized spacial score (nSPS) is 21.2. The Kier molecular flexibility index (Phi) is 7.01. The van der Waals surface area contributed by atoms with Crippen LogP contribution >= 0.6 is 0 Å². The highest BCUT2D eigenvalue weighted by Gasteiger charge is 2.17. The van der Waals surface area contributed by atoms with Crippen LogP contribution in [0, 0.1) is 0 Å². The Bertz CT molecular complexity index is 165. The third-order valence-corrected chi connectivity index (χ3v) is 3.33. The smallest absolute Gasteiger partial charge is 0.0195 e. The van der Waals surface area contributed by atoms with Crippen molar-refractivity contribution < 1.29 is 0 Å². The molecule has 1 atom stereocenters. The Hall–Kier alpha value is -0.120. The fourth-order valence-electron chi connectivity index (χ4n) is 2.24. The van der Waals surface area contributed by atoms with E-state index in [1.807, 2.05) is 0 Å². The van der Waals surface area contributed by atoms with Gasteiger partial charge in [0.2, 0.25) is 0 Å². The number of hydrogen-bond acceptors (Lipinski definition) is 3. The predicted molar refractivity (Wildman–Crippen MR) is 70.9 cm³/mol. The van der Waals surface area contributed by atoms with Crippen LogP contribution in [0.15, 0.2) is 0 Å². The van der Waals surface area contributed by atoms with Gasteiger partial charge in [-0.1, -0.05) is 13.3 Å². The first-order valence-corrected chi connectivity index (χ1v) is 6.83. The maximum Gasteiger partial charge on any atom is 0.0195 e. The van der Waals surface area contributed by atoms with Crippen LogP contribution in [0.25, 0.3) is 0 Å². The maximum atomic E-state index is 3.60. The van der Waals surface area contributed by atoms with Gasteiger partial charge in [-0.05, 0) is 46.4 Å².